The number of nitrogens with zero attached hydrogens (tertiary/aromatic N) is 2. The zero-order chi connectivity index (χ0) is 16.0. The van der Waals surface area contributed by atoms with Crippen LogP contribution in [0.4, 0.5) is 0 Å². The maximum atomic E-state index is 12.1. The molecule has 1 rings (SSSR count). The first-order valence-electron chi connectivity index (χ1n) is 6.11. The number of sulfonamides is 1. The Labute approximate surface area is 122 Å². The Kier molecular flexibility index (Phi) is 5.79. The molecule has 116 valence electrons. The van der Waals surface area contributed by atoms with Gasteiger partial charge in [-0.1, -0.05) is 0 Å². The Morgan fingerprint density at radius 1 is 1.48 bits per heavy atom. The predicted molar refractivity (Wildman–Crippen MR) is 73.9 cm³/mol. The number of carboxylic acid groups (broad SMARTS) is 1. The van der Waals surface area contributed by atoms with Crippen molar-refractivity contribution in [2.75, 3.05) is 13.6 Å². The summed E-state index contributed by atoms with van der Waals surface area (Å²) in [6, 6.07) is 2.28. The summed E-state index contributed by atoms with van der Waals surface area (Å²) in [7, 11) is -2.53. The number of rotatable bonds is 7. The van der Waals surface area contributed by atoms with Crippen molar-refractivity contribution >= 4 is 21.9 Å². The third-order valence-electron chi connectivity index (χ3n) is 2.60. The van der Waals surface area contributed by atoms with Crippen molar-refractivity contribution in [1.29, 1.82) is 0 Å². The first kappa shape index (κ1) is 17.1. The molecule has 0 aliphatic heterocycles. The van der Waals surface area contributed by atoms with Gasteiger partial charge in [-0.15, -0.1) is 0 Å². The van der Waals surface area contributed by atoms with Gasteiger partial charge in [-0.3, -0.25) is 14.6 Å². The standard InChI is InChI=1S/C12H17N3O5S/c1-9(6-12(17)18)14-11(16)8-15(2)21(19,20)10-4-3-5-13-7-10/h3-5,7,9H,6,8H2,1-2H3,(H,14,16)(H,17,18). The van der Waals surface area contributed by atoms with E-state index in [1.165, 1.54) is 38.5 Å². The summed E-state index contributed by atoms with van der Waals surface area (Å²) >= 11 is 0. The van der Waals surface area contributed by atoms with E-state index in [0.29, 0.717) is 0 Å². The Morgan fingerprint density at radius 2 is 2.14 bits per heavy atom. The van der Waals surface area contributed by atoms with Gasteiger partial charge in [-0.05, 0) is 19.1 Å². The van der Waals surface area contributed by atoms with Crippen molar-refractivity contribution in [2.45, 2.75) is 24.3 Å². The van der Waals surface area contributed by atoms with Crippen molar-refractivity contribution in [3.8, 4) is 0 Å². The van der Waals surface area contributed by atoms with Crippen LogP contribution >= 0.6 is 0 Å². The minimum Gasteiger partial charge on any atom is -0.481 e. The number of carboxylic acids is 1. The third-order valence-corrected chi connectivity index (χ3v) is 4.38. The lowest BCUT2D eigenvalue weighted by atomic mass is 10.2. The molecule has 0 aliphatic rings. The topological polar surface area (TPSA) is 117 Å². The van der Waals surface area contributed by atoms with Crippen LogP contribution in [-0.2, 0) is 19.6 Å². The van der Waals surface area contributed by atoms with Crippen LogP contribution in [0.3, 0.4) is 0 Å². The molecule has 2 N–H and O–H groups in total. The fraction of sp³-hybridized carbons (Fsp3) is 0.417. The molecular formula is C12H17N3O5S. The molecule has 1 atom stereocenters. The Balaban J connectivity index is 2.66. The number of aromatic nitrogens is 1. The number of hydrogen-bond donors (Lipinski definition) is 2. The summed E-state index contributed by atoms with van der Waals surface area (Å²) in [6.07, 6.45) is 2.40. The predicted octanol–water partition coefficient (Wildman–Crippen LogP) is -0.318. The molecular weight excluding hydrogens is 298 g/mol. The quantitative estimate of drug-likeness (QED) is 0.712. The van der Waals surface area contributed by atoms with Gasteiger partial charge in [0.25, 0.3) is 0 Å². The molecule has 0 aliphatic carbocycles. The molecule has 0 radical (unpaired) electrons. The third kappa shape index (κ3) is 5.12. The van der Waals surface area contributed by atoms with Gasteiger partial charge in [0.15, 0.2) is 0 Å². The number of pyridine rings is 1. The highest BCUT2D eigenvalue weighted by molar-refractivity contribution is 7.89. The molecule has 8 nitrogen and oxygen atoms in total. The van der Waals surface area contributed by atoms with Crippen LogP contribution < -0.4 is 5.32 Å². The summed E-state index contributed by atoms with van der Waals surface area (Å²) in [5, 5.41) is 11.0. The minimum atomic E-state index is -3.80. The number of nitrogens with one attached hydrogen (secondary N) is 1. The van der Waals surface area contributed by atoms with E-state index in [-0.39, 0.29) is 11.3 Å². The van der Waals surface area contributed by atoms with E-state index in [1.807, 2.05) is 0 Å². The molecule has 0 bridgehead atoms. The molecule has 0 fully saturated rings. The molecule has 1 aromatic rings. The molecule has 0 spiro atoms. The molecule has 1 unspecified atom stereocenters. The van der Waals surface area contributed by atoms with Gasteiger partial charge in [0, 0.05) is 25.5 Å². The normalized spacial score (nSPS) is 12.9. The van der Waals surface area contributed by atoms with Crippen LogP contribution in [0.15, 0.2) is 29.4 Å². The highest BCUT2D eigenvalue weighted by Crippen LogP contribution is 2.11. The van der Waals surface area contributed by atoms with Crippen LogP contribution in [0.25, 0.3) is 0 Å². The SMILES string of the molecule is CC(CC(=O)O)NC(=O)CN(C)S(=O)(=O)c1cccnc1. The summed E-state index contributed by atoms with van der Waals surface area (Å²) < 4.78 is 25.2. The molecule has 1 heterocycles. The lowest BCUT2D eigenvalue weighted by Gasteiger charge is -2.18. The van der Waals surface area contributed by atoms with E-state index < -0.39 is 34.5 Å². The number of aliphatic carboxylic acids is 1. The summed E-state index contributed by atoms with van der Waals surface area (Å²) in [4.78, 5) is 25.9. The van der Waals surface area contributed by atoms with Gasteiger partial charge >= 0.3 is 5.97 Å². The Morgan fingerprint density at radius 3 is 2.67 bits per heavy atom. The summed E-state index contributed by atoms with van der Waals surface area (Å²) in [5.41, 5.74) is 0. The van der Waals surface area contributed by atoms with Gasteiger partial charge in [0.2, 0.25) is 15.9 Å². The largest absolute Gasteiger partial charge is 0.481 e. The van der Waals surface area contributed by atoms with E-state index in [0.717, 1.165) is 4.31 Å². The van der Waals surface area contributed by atoms with Gasteiger partial charge in [-0.2, -0.15) is 4.31 Å². The lowest BCUT2D eigenvalue weighted by molar-refractivity contribution is -0.137. The molecule has 0 saturated carbocycles. The summed E-state index contributed by atoms with van der Waals surface area (Å²) in [6.45, 7) is 1.13. The van der Waals surface area contributed by atoms with Crippen molar-refractivity contribution < 1.29 is 23.1 Å². The molecule has 0 saturated heterocycles. The Hall–Kier alpha value is -2.00. The molecule has 0 aromatic carbocycles. The first-order chi connectivity index (χ1) is 9.73. The smallest absolute Gasteiger partial charge is 0.305 e. The second-order valence-electron chi connectivity index (χ2n) is 4.52. The molecule has 21 heavy (non-hydrogen) atoms. The van der Waals surface area contributed by atoms with E-state index >= 15 is 0 Å². The van der Waals surface area contributed by atoms with Gasteiger partial charge in [0.05, 0.1) is 13.0 Å². The van der Waals surface area contributed by atoms with Crippen LogP contribution in [-0.4, -0.2) is 54.3 Å². The van der Waals surface area contributed by atoms with Crippen molar-refractivity contribution in [3.63, 3.8) is 0 Å². The Bertz CT molecular complexity index is 603. The highest BCUT2D eigenvalue weighted by atomic mass is 32.2. The number of amides is 1. The van der Waals surface area contributed by atoms with E-state index in [1.54, 1.807) is 0 Å². The minimum absolute atomic E-state index is 0.0149. The maximum absolute atomic E-state index is 12.1. The zero-order valence-corrected chi connectivity index (χ0v) is 12.5. The fourth-order valence-corrected chi connectivity index (χ4v) is 2.69. The summed E-state index contributed by atoms with van der Waals surface area (Å²) in [5.74, 6) is -1.61. The molecule has 9 heteroatoms. The van der Waals surface area contributed by atoms with E-state index in [9.17, 15) is 18.0 Å². The van der Waals surface area contributed by atoms with Crippen LogP contribution in [0.2, 0.25) is 0 Å². The second kappa shape index (κ2) is 7.14. The average Bonchev–Trinajstić information content (AvgIpc) is 2.38. The first-order valence-corrected chi connectivity index (χ1v) is 7.55. The van der Waals surface area contributed by atoms with E-state index in [4.69, 9.17) is 5.11 Å². The second-order valence-corrected chi connectivity index (χ2v) is 6.56. The van der Waals surface area contributed by atoms with Gasteiger partial charge in [0.1, 0.15) is 4.90 Å². The average molecular weight is 315 g/mol. The van der Waals surface area contributed by atoms with Crippen molar-refractivity contribution in [2.24, 2.45) is 0 Å². The van der Waals surface area contributed by atoms with Gasteiger partial charge < -0.3 is 10.4 Å². The van der Waals surface area contributed by atoms with Crippen LogP contribution in [0.1, 0.15) is 13.3 Å². The van der Waals surface area contributed by atoms with Crippen LogP contribution in [0.5, 0.6) is 0 Å². The van der Waals surface area contributed by atoms with Crippen molar-refractivity contribution in [1.82, 2.24) is 14.6 Å². The maximum Gasteiger partial charge on any atom is 0.305 e. The fourth-order valence-electron chi connectivity index (χ4n) is 1.60. The van der Waals surface area contributed by atoms with Gasteiger partial charge in [-0.25, -0.2) is 8.42 Å². The number of likely N-dealkylation sites (N-methyl/N-ethyl adjacent to an activating group) is 1. The monoisotopic (exact) mass is 315 g/mol. The van der Waals surface area contributed by atoms with Crippen LogP contribution in [0, 0.1) is 0 Å². The highest BCUT2D eigenvalue weighted by Gasteiger charge is 2.23. The number of carbonyl (C=O) groups excluding carboxylic acids is 1. The van der Waals surface area contributed by atoms with E-state index in [2.05, 4.69) is 10.3 Å². The zero-order valence-electron chi connectivity index (χ0n) is 11.7. The number of hydrogen-bond acceptors (Lipinski definition) is 5. The lowest BCUT2D eigenvalue weighted by Crippen LogP contribution is -2.42. The molecule has 1 amide bonds. The molecule has 1 aromatic heterocycles. The van der Waals surface area contributed by atoms with Crippen molar-refractivity contribution in [3.05, 3.63) is 24.5 Å². The number of carbonyl (C=O) groups is 2.